The first-order valence-electron chi connectivity index (χ1n) is 5.49. The van der Waals surface area contributed by atoms with Crippen molar-refractivity contribution in [2.45, 2.75) is 30.5 Å². The molecule has 0 spiro atoms. The van der Waals surface area contributed by atoms with Crippen molar-refractivity contribution < 1.29 is 4.79 Å². The zero-order valence-corrected chi connectivity index (χ0v) is 11.3. The Bertz CT molecular complexity index is 383. The van der Waals surface area contributed by atoms with E-state index in [1.807, 2.05) is 18.1 Å². The molecule has 0 atom stereocenters. The SMILES string of the molecule is CSc1nc(C)c(CC(=O)N2CCCC2)s1. The molecule has 1 aliphatic rings. The Kier molecular flexibility index (Phi) is 3.86. The molecule has 0 aromatic carbocycles. The van der Waals surface area contributed by atoms with E-state index < -0.39 is 0 Å². The normalized spacial score (nSPS) is 15.8. The van der Waals surface area contributed by atoms with Crippen molar-refractivity contribution in [2.75, 3.05) is 19.3 Å². The van der Waals surface area contributed by atoms with Crippen molar-refractivity contribution in [1.29, 1.82) is 0 Å². The van der Waals surface area contributed by atoms with Crippen LogP contribution < -0.4 is 0 Å². The van der Waals surface area contributed by atoms with Gasteiger partial charge in [-0.1, -0.05) is 11.8 Å². The fraction of sp³-hybridized carbons (Fsp3) is 0.636. The molecule has 2 heterocycles. The van der Waals surface area contributed by atoms with Crippen LogP contribution in [-0.2, 0) is 11.2 Å². The fourth-order valence-corrected chi connectivity index (χ4v) is 3.51. The van der Waals surface area contributed by atoms with Crippen molar-refractivity contribution in [3.8, 4) is 0 Å². The number of likely N-dealkylation sites (tertiary alicyclic amines) is 1. The zero-order valence-electron chi connectivity index (χ0n) is 9.65. The highest BCUT2D eigenvalue weighted by atomic mass is 32.2. The van der Waals surface area contributed by atoms with Crippen LogP contribution >= 0.6 is 23.1 Å². The van der Waals surface area contributed by atoms with Gasteiger partial charge in [0.25, 0.3) is 0 Å². The van der Waals surface area contributed by atoms with Gasteiger partial charge in [0.05, 0.1) is 12.1 Å². The number of rotatable bonds is 3. The van der Waals surface area contributed by atoms with Gasteiger partial charge >= 0.3 is 0 Å². The molecule has 0 radical (unpaired) electrons. The summed E-state index contributed by atoms with van der Waals surface area (Å²) in [5, 5.41) is 0. The molecule has 1 aliphatic heterocycles. The van der Waals surface area contributed by atoms with Gasteiger partial charge in [0, 0.05) is 18.0 Å². The molecule has 88 valence electrons. The molecule has 1 aromatic heterocycles. The lowest BCUT2D eigenvalue weighted by atomic mass is 10.3. The Morgan fingerprint density at radius 2 is 2.19 bits per heavy atom. The number of carbonyl (C=O) groups is 1. The second-order valence-corrected chi connectivity index (χ2v) is 6.09. The Balaban J connectivity index is 2.02. The van der Waals surface area contributed by atoms with Gasteiger partial charge in [0.15, 0.2) is 0 Å². The molecule has 1 aromatic rings. The van der Waals surface area contributed by atoms with Gasteiger partial charge in [0.2, 0.25) is 5.91 Å². The summed E-state index contributed by atoms with van der Waals surface area (Å²) in [7, 11) is 0. The van der Waals surface area contributed by atoms with Crippen molar-refractivity contribution in [2.24, 2.45) is 0 Å². The second-order valence-electron chi connectivity index (χ2n) is 3.96. The summed E-state index contributed by atoms with van der Waals surface area (Å²) < 4.78 is 1.06. The first-order chi connectivity index (χ1) is 7.70. The van der Waals surface area contributed by atoms with Gasteiger partial charge in [-0.25, -0.2) is 4.98 Å². The number of aryl methyl sites for hydroxylation is 1. The van der Waals surface area contributed by atoms with E-state index in [1.165, 1.54) is 0 Å². The first-order valence-corrected chi connectivity index (χ1v) is 7.53. The maximum absolute atomic E-state index is 12.0. The predicted molar refractivity (Wildman–Crippen MR) is 68.2 cm³/mol. The summed E-state index contributed by atoms with van der Waals surface area (Å²) in [5.41, 5.74) is 1.02. The summed E-state index contributed by atoms with van der Waals surface area (Å²) in [6.07, 6.45) is 4.86. The van der Waals surface area contributed by atoms with Crippen molar-refractivity contribution in [1.82, 2.24) is 9.88 Å². The molecule has 5 heteroatoms. The van der Waals surface area contributed by atoms with E-state index in [0.29, 0.717) is 6.42 Å². The van der Waals surface area contributed by atoms with Gasteiger partial charge < -0.3 is 4.90 Å². The molecule has 3 nitrogen and oxygen atoms in total. The minimum absolute atomic E-state index is 0.261. The lowest BCUT2D eigenvalue weighted by molar-refractivity contribution is -0.129. The number of amides is 1. The standard InChI is InChI=1S/C11H16N2OS2/c1-8-9(16-11(12-8)15-2)7-10(14)13-5-3-4-6-13/h3-7H2,1-2H3. The van der Waals surface area contributed by atoms with Crippen LogP contribution in [0.5, 0.6) is 0 Å². The van der Waals surface area contributed by atoms with Crippen molar-refractivity contribution in [3.63, 3.8) is 0 Å². The Morgan fingerprint density at radius 1 is 1.50 bits per heavy atom. The van der Waals surface area contributed by atoms with E-state index in [-0.39, 0.29) is 5.91 Å². The van der Waals surface area contributed by atoms with Crippen LogP contribution in [0.25, 0.3) is 0 Å². The average molecular weight is 256 g/mol. The maximum atomic E-state index is 12.0. The Morgan fingerprint density at radius 3 is 2.75 bits per heavy atom. The molecular formula is C11H16N2OS2. The third-order valence-corrected chi connectivity index (χ3v) is 4.96. The third kappa shape index (κ3) is 2.58. The number of thiazole rings is 1. The van der Waals surface area contributed by atoms with Crippen LogP contribution in [-0.4, -0.2) is 35.1 Å². The van der Waals surface area contributed by atoms with E-state index >= 15 is 0 Å². The van der Waals surface area contributed by atoms with E-state index in [4.69, 9.17) is 0 Å². The van der Waals surface area contributed by atoms with Crippen LogP contribution in [0.3, 0.4) is 0 Å². The second kappa shape index (κ2) is 5.19. The molecule has 0 unspecified atom stereocenters. The number of hydrogen-bond acceptors (Lipinski definition) is 4. The van der Waals surface area contributed by atoms with Gasteiger partial charge in [-0.2, -0.15) is 0 Å². The average Bonchev–Trinajstić information content (AvgIpc) is 2.88. The van der Waals surface area contributed by atoms with E-state index in [9.17, 15) is 4.79 Å². The number of carbonyl (C=O) groups excluding carboxylic acids is 1. The monoisotopic (exact) mass is 256 g/mol. The topological polar surface area (TPSA) is 33.2 Å². The Hall–Kier alpha value is -0.550. The molecule has 1 amide bonds. The van der Waals surface area contributed by atoms with Crippen LogP contribution in [0.15, 0.2) is 4.34 Å². The minimum Gasteiger partial charge on any atom is -0.342 e. The Labute approximate surface area is 104 Å². The van der Waals surface area contributed by atoms with Crippen LogP contribution in [0.1, 0.15) is 23.4 Å². The quantitative estimate of drug-likeness (QED) is 0.778. The summed E-state index contributed by atoms with van der Waals surface area (Å²) >= 11 is 3.30. The first kappa shape index (κ1) is 11.9. The summed E-state index contributed by atoms with van der Waals surface area (Å²) in [5.74, 6) is 0.261. The molecule has 1 fully saturated rings. The highest BCUT2D eigenvalue weighted by molar-refractivity contribution is 8.00. The molecule has 0 bridgehead atoms. The fourth-order valence-electron chi connectivity index (χ4n) is 1.87. The smallest absolute Gasteiger partial charge is 0.227 e. The van der Waals surface area contributed by atoms with Gasteiger partial charge in [-0.05, 0) is 26.0 Å². The lowest BCUT2D eigenvalue weighted by Crippen LogP contribution is -2.28. The molecule has 0 saturated carbocycles. The highest BCUT2D eigenvalue weighted by Crippen LogP contribution is 2.26. The zero-order chi connectivity index (χ0) is 11.5. The number of thioether (sulfide) groups is 1. The van der Waals surface area contributed by atoms with Gasteiger partial charge in [0.1, 0.15) is 4.34 Å². The largest absolute Gasteiger partial charge is 0.342 e. The summed E-state index contributed by atoms with van der Waals surface area (Å²) in [6.45, 7) is 3.86. The van der Waals surface area contributed by atoms with Crippen LogP contribution in [0, 0.1) is 6.92 Å². The highest BCUT2D eigenvalue weighted by Gasteiger charge is 2.20. The van der Waals surface area contributed by atoms with Gasteiger partial charge in [-0.3, -0.25) is 4.79 Å². The molecule has 0 N–H and O–H groups in total. The minimum atomic E-state index is 0.261. The van der Waals surface area contributed by atoms with E-state index in [2.05, 4.69) is 4.98 Å². The molecule has 0 aliphatic carbocycles. The van der Waals surface area contributed by atoms with Crippen molar-refractivity contribution in [3.05, 3.63) is 10.6 Å². The molecular weight excluding hydrogens is 240 g/mol. The molecule has 1 saturated heterocycles. The van der Waals surface area contributed by atoms with Crippen LogP contribution in [0.2, 0.25) is 0 Å². The molecule has 16 heavy (non-hydrogen) atoms. The van der Waals surface area contributed by atoms with E-state index in [1.54, 1.807) is 23.1 Å². The summed E-state index contributed by atoms with van der Waals surface area (Å²) in [6, 6.07) is 0. The van der Waals surface area contributed by atoms with Crippen molar-refractivity contribution >= 4 is 29.0 Å². The van der Waals surface area contributed by atoms with Crippen LogP contribution in [0.4, 0.5) is 0 Å². The number of nitrogens with zero attached hydrogens (tertiary/aromatic N) is 2. The maximum Gasteiger partial charge on any atom is 0.227 e. The number of aromatic nitrogens is 1. The number of hydrogen-bond donors (Lipinski definition) is 0. The van der Waals surface area contributed by atoms with E-state index in [0.717, 1.165) is 40.8 Å². The lowest BCUT2D eigenvalue weighted by Gasteiger charge is -2.14. The third-order valence-electron chi connectivity index (χ3n) is 2.82. The molecule has 2 rings (SSSR count). The predicted octanol–water partition coefficient (Wildman–Crippen LogP) is 2.34. The van der Waals surface area contributed by atoms with Gasteiger partial charge in [-0.15, -0.1) is 11.3 Å². The summed E-state index contributed by atoms with van der Waals surface area (Å²) in [4.78, 5) is 19.5.